The lowest BCUT2D eigenvalue weighted by atomic mass is 10.0. The second kappa shape index (κ2) is 34.6. The van der Waals surface area contributed by atoms with Crippen molar-refractivity contribution >= 4 is 11.9 Å². The van der Waals surface area contributed by atoms with Crippen molar-refractivity contribution in [3.63, 3.8) is 0 Å². The number of carbonyl (C=O) groups is 2. The van der Waals surface area contributed by atoms with Crippen LogP contribution in [0.5, 0.6) is 0 Å². The van der Waals surface area contributed by atoms with Gasteiger partial charge in [0.2, 0.25) is 0 Å². The molecule has 44 heavy (non-hydrogen) atoms. The van der Waals surface area contributed by atoms with Crippen LogP contribution in [0, 0.1) is 0 Å². The predicted octanol–water partition coefficient (Wildman–Crippen LogP) is 13.1. The number of hydrogen-bond acceptors (Lipinski definition) is 4. The van der Waals surface area contributed by atoms with Crippen LogP contribution in [0.2, 0.25) is 0 Å². The van der Waals surface area contributed by atoms with Crippen LogP contribution >= 0.6 is 0 Å². The van der Waals surface area contributed by atoms with Crippen LogP contribution in [-0.4, -0.2) is 24.1 Å². The van der Waals surface area contributed by atoms with Gasteiger partial charge in [-0.05, 0) is 39.5 Å². The summed E-state index contributed by atoms with van der Waals surface area (Å²) in [5.74, 6) is -0.918. The molecule has 0 aromatic rings. The fraction of sp³-hybridized carbons (Fsp3) is 0.900. The van der Waals surface area contributed by atoms with Gasteiger partial charge in [-0.1, -0.05) is 181 Å². The van der Waals surface area contributed by atoms with Gasteiger partial charge in [-0.3, -0.25) is 0 Å². The lowest BCUT2D eigenvalue weighted by Gasteiger charge is -2.12. The average molecular weight is 621 g/mol. The lowest BCUT2D eigenvalue weighted by molar-refractivity contribution is -0.145. The summed E-state index contributed by atoms with van der Waals surface area (Å²) < 4.78 is 10.9. The molecule has 0 aliphatic rings. The van der Waals surface area contributed by atoms with E-state index in [-0.39, 0.29) is 12.2 Å². The number of esters is 2. The van der Waals surface area contributed by atoms with E-state index in [4.69, 9.17) is 9.47 Å². The van der Waals surface area contributed by atoms with Crippen molar-refractivity contribution in [1.82, 2.24) is 0 Å². The minimum atomic E-state index is -0.459. The third kappa shape index (κ3) is 33.6. The van der Waals surface area contributed by atoms with E-state index in [9.17, 15) is 9.59 Å². The van der Waals surface area contributed by atoms with Gasteiger partial charge in [0.05, 0.1) is 12.2 Å². The van der Waals surface area contributed by atoms with Gasteiger partial charge in [0.15, 0.2) is 0 Å². The van der Waals surface area contributed by atoms with E-state index in [1.54, 1.807) is 0 Å². The van der Waals surface area contributed by atoms with E-state index in [2.05, 4.69) is 13.8 Å². The minimum Gasteiger partial charge on any atom is -0.460 e. The van der Waals surface area contributed by atoms with Crippen LogP contribution in [0.3, 0.4) is 0 Å². The first-order valence-electron chi connectivity index (χ1n) is 19.6. The first-order chi connectivity index (χ1) is 21.5. The van der Waals surface area contributed by atoms with Gasteiger partial charge in [0.1, 0.15) is 0 Å². The summed E-state index contributed by atoms with van der Waals surface area (Å²) in [4.78, 5) is 24.2. The van der Waals surface area contributed by atoms with Gasteiger partial charge in [-0.25, -0.2) is 9.59 Å². The Morgan fingerprint density at radius 3 is 0.818 bits per heavy atom. The zero-order chi connectivity index (χ0) is 32.4. The van der Waals surface area contributed by atoms with E-state index in [1.165, 1.54) is 179 Å². The molecule has 0 N–H and O–H groups in total. The van der Waals surface area contributed by atoms with Gasteiger partial charge < -0.3 is 9.47 Å². The Balaban J connectivity index is 3.57. The molecule has 4 heteroatoms. The molecule has 2 unspecified atom stereocenters. The fourth-order valence-corrected chi connectivity index (χ4v) is 5.98. The topological polar surface area (TPSA) is 52.6 Å². The third-order valence-electron chi connectivity index (χ3n) is 8.92. The van der Waals surface area contributed by atoms with E-state index in [0.29, 0.717) is 0 Å². The molecule has 0 spiro atoms. The standard InChI is InChI=1S/C40H76O4/c1-5-7-9-11-13-15-17-19-21-23-25-27-29-31-33-37(3)43-39(41)35-36-40(42)44-38(4)34-32-30-28-26-24-22-20-18-16-14-12-10-8-6-2/h35-38H,5-34H2,1-4H3/b36-35+. The van der Waals surface area contributed by atoms with Crippen molar-refractivity contribution < 1.29 is 19.1 Å². The van der Waals surface area contributed by atoms with Crippen LogP contribution < -0.4 is 0 Å². The lowest BCUT2D eigenvalue weighted by Crippen LogP contribution is -2.15. The SMILES string of the molecule is CCCCCCCCCCCCCCCCC(C)OC(=O)/C=C/C(=O)OC(C)CCCCCCCCCCCCCCCC. The summed E-state index contributed by atoms with van der Waals surface area (Å²) in [6.45, 7) is 8.42. The summed E-state index contributed by atoms with van der Waals surface area (Å²) in [7, 11) is 0. The second-order valence-electron chi connectivity index (χ2n) is 13.6. The maximum Gasteiger partial charge on any atom is 0.331 e. The third-order valence-corrected chi connectivity index (χ3v) is 8.92. The Bertz CT molecular complexity index is 589. The molecule has 0 aliphatic heterocycles. The minimum absolute atomic E-state index is 0.125. The highest BCUT2D eigenvalue weighted by Gasteiger charge is 2.10. The van der Waals surface area contributed by atoms with Gasteiger partial charge in [0, 0.05) is 12.2 Å². The molecule has 260 valence electrons. The molecule has 0 amide bonds. The Hall–Kier alpha value is -1.32. The maximum absolute atomic E-state index is 12.1. The van der Waals surface area contributed by atoms with Crippen molar-refractivity contribution in [3.05, 3.63) is 12.2 Å². The van der Waals surface area contributed by atoms with Crippen LogP contribution in [0.4, 0.5) is 0 Å². The van der Waals surface area contributed by atoms with Crippen LogP contribution in [0.15, 0.2) is 12.2 Å². The first kappa shape index (κ1) is 42.7. The molecule has 4 nitrogen and oxygen atoms in total. The molecule has 0 aromatic heterocycles. The number of hydrogen-bond donors (Lipinski definition) is 0. The Morgan fingerprint density at radius 2 is 0.591 bits per heavy atom. The van der Waals surface area contributed by atoms with Crippen LogP contribution in [-0.2, 0) is 19.1 Å². The summed E-state index contributed by atoms with van der Waals surface area (Å²) in [5, 5.41) is 0. The molecule has 0 saturated carbocycles. The van der Waals surface area contributed by atoms with E-state index < -0.39 is 11.9 Å². The number of carbonyl (C=O) groups excluding carboxylic acids is 2. The number of rotatable bonds is 34. The quantitative estimate of drug-likeness (QED) is 0.0408. The summed E-state index contributed by atoms with van der Waals surface area (Å²) in [6.07, 6.45) is 41.4. The highest BCUT2D eigenvalue weighted by Crippen LogP contribution is 2.16. The monoisotopic (exact) mass is 621 g/mol. The molecule has 0 fully saturated rings. The van der Waals surface area contributed by atoms with E-state index >= 15 is 0 Å². The van der Waals surface area contributed by atoms with Crippen molar-refractivity contribution in [2.24, 2.45) is 0 Å². The summed E-state index contributed by atoms with van der Waals surface area (Å²) >= 11 is 0. The molecule has 0 bridgehead atoms. The smallest absolute Gasteiger partial charge is 0.331 e. The normalized spacial score (nSPS) is 12.9. The molecule has 2 atom stereocenters. The van der Waals surface area contributed by atoms with Gasteiger partial charge >= 0.3 is 11.9 Å². The molecule has 0 rings (SSSR count). The zero-order valence-electron chi connectivity index (χ0n) is 30.2. The zero-order valence-corrected chi connectivity index (χ0v) is 30.2. The molecule has 0 saturated heterocycles. The molecular formula is C40H76O4. The average Bonchev–Trinajstić information content (AvgIpc) is 3.00. The van der Waals surface area contributed by atoms with Crippen molar-refractivity contribution in [2.75, 3.05) is 0 Å². The first-order valence-corrected chi connectivity index (χ1v) is 19.6. The molecular weight excluding hydrogens is 544 g/mol. The van der Waals surface area contributed by atoms with Crippen molar-refractivity contribution in [2.45, 2.75) is 233 Å². The van der Waals surface area contributed by atoms with Gasteiger partial charge in [-0.2, -0.15) is 0 Å². The Labute approximate surface area is 275 Å². The van der Waals surface area contributed by atoms with Gasteiger partial charge in [-0.15, -0.1) is 0 Å². The van der Waals surface area contributed by atoms with Crippen molar-refractivity contribution in [3.8, 4) is 0 Å². The van der Waals surface area contributed by atoms with Crippen LogP contribution in [0.25, 0.3) is 0 Å². The van der Waals surface area contributed by atoms with E-state index in [1.807, 2.05) is 13.8 Å². The Morgan fingerprint density at radius 1 is 0.386 bits per heavy atom. The molecule has 0 aromatic carbocycles. The molecule has 0 heterocycles. The number of unbranched alkanes of at least 4 members (excludes halogenated alkanes) is 26. The van der Waals surface area contributed by atoms with Crippen LogP contribution in [0.1, 0.15) is 220 Å². The maximum atomic E-state index is 12.1. The Kier molecular flexibility index (Phi) is 33.5. The summed E-state index contributed by atoms with van der Waals surface area (Å²) in [6, 6.07) is 0. The number of ether oxygens (including phenoxy) is 2. The largest absolute Gasteiger partial charge is 0.460 e. The highest BCUT2D eigenvalue weighted by atomic mass is 16.5. The van der Waals surface area contributed by atoms with Crippen molar-refractivity contribution in [1.29, 1.82) is 0 Å². The van der Waals surface area contributed by atoms with Gasteiger partial charge in [0.25, 0.3) is 0 Å². The summed E-state index contributed by atoms with van der Waals surface area (Å²) in [5.41, 5.74) is 0. The van der Waals surface area contributed by atoms with E-state index in [0.717, 1.165) is 25.7 Å². The predicted molar refractivity (Wildman–Crippen MR) is 190 cm³/mol. The second-order valence-corrected chi connectivity index (χ2v) is 13.6. The molecule has 0 aliphatic carbocycles. The molecule has 0 radical (unpaired) electrons. The highest BCUT2D eigenvalue weighted by molar-refractivity contribution is 5.91. The fourth-order valence-electron chi connectivity index (χ4n) is 5.98.